The molecule has 1 fully saturated rings. The zero-order valence-electron chi connectivity index (χ0n) is 18.0. The third kappa shape index (κ3) is 4.27. The summed E-state index contributed by atoms with van der Waals surface area (Å²) < 4.78 is 6.29. The highest BCUT2D eigenvalue weighted by Gasteiger charge is 2.21. The summed E-state index contributed by atoms with van der Waals surface area (Å²) in [6.45, 7) is 7.29. The molecule has 1 unspecified atom stereocenters. The largest absolute Gasteiger partial charge is 0.478 e. The van der Waals surface area contributed by atoms with Gasteiger partial charge in [-0.2, -0.15) is 0 Å². The van der Waals surface area contributed by atoms with Crippen LogP contribution in [0.25, 0.3) is 11.0 Å². The van der Waals surface area contributed by atoms with Gasteiger partial charge in [-0.05, 0) is 44.7 Å². The van der Waals surface area contributed by atoms with Gasteiger partial charge >= 0.3 is 5.97 Å². The Labute approximate surface area is 180 Å². The molecule has 1 saturated heterocycles. The summed E-state index contributed by atoms with van der Waals surface area (Å²) in [5.74, 6) is -0.415. The minimum absolute atomic E-state index is 0.0711. The fourth-order valence-corrected chi connectivity index (χ4v) is 4.03. The fourth-order valence-electron chi connectivity index (χ4n) is 4.03. The highest BCUT2D eigenvalue weighted by Crippen LogP contribution is 2.31. The third-order valence-electron chi connectivity index (χ3n) is 5.80. The van der Waals surface area contributed by atoms with Crippen molar-refractivity contribution >= 4 is 28.5 Å². The summed E-state index contributed by atoms with van der Waals surface area (Å²) in [6, 6.07) is 11.9. The van der Waals surface area contributed by atoms with Crippen molar-refractivity contribution in [2.24, 2.45) is 0 Å². The number of benzene rings is 2. The summed E-state index contributed by atoms with van der Waals surface area (Å²) in [7, 11) is 2.08. The van der Waals surface area contributed by atoms with E-state index in [1.54, 1.807) is 30.3 Å². The molecular formula is C24H27N3O4. The second kappa shape index (κ2) is 8.43. The lowest BCUT2D eigenvalue weighted by Crippen LogP contribution is -2.44. The molecule has 0 spiro atoms. The topological polar surface area (TPSA) is 86.0 Å². The van der Waals surface area contributed by atoms with Gasteiger partial charge in [-0.25, -0.2) is 4.79 Å². The number of carboxylic acids is 1. The molecule has 4 rings (SSSR count). The molecule has 0 saturated carbocycles. The Bertz CT molecular complexity index is 1180. The van der Waals surface area contributed by atoms with Crippen molar-refractivity contribution in [3.8, 4) is 0 Å². The molecule has 2 aromatic carbocycles. The molecule has 0 radical (unpaired) electrons. The van der Waals surface area contributed by atoms with Crippen molar-refractivity contribution in [3.63, 3.8) is 0 Å². The number of anilines is 2. The molecule has 7 nitrogen and oxygen atoms in total. The van der Waals surface area contributed by atoms with Gasteiger partial charge in [0.1, 0.15) is 5.58 Å². The average molecular weight is 421 g/mol. The Morgan fingerprint density at radius 2 is 1.84 bits per heavy atom. The van der Waals surface area contributed by atoms with Gasteiger partial charge in [-0.1, -0.05) is 18.2 Å². The lowest BCUT2D eigenvalue weighted by Gasteiger charge is -2.32. The van der Waals surface area contributed by atoms with Crippen molar-refractivity contribution < 1.29 is 14.3 Å². The van der Waals surface area contributed by atoms with Gasteiger partial charge in [0.2, 0.25) is 0 Å². The maximum Gasteiger partial charge on any atom is 0.337 e. The number of nitrogens with one attached hydrogen (secondary N) is 1. The molecule has 31 heavy (non-hydrogen) atoms. The van der Waals surface area contributed by atoms with Gasteiger partial charge in [0.05, 0.1) is 17.0 Å². The zero-order chi connectivity index (χ0) is 22.1. The maximum atomic E-state index is 12.9. The number of aromatic carboxylic acids is 1. The van der Waals surface area contributed by atoms with Gasteiger partial charge in [0, 0.05) is 43.5 Å². The van der Waals surface area contributed by atoms with Crippen LogP contribution in [-0.4, -0.2) is 49.2 Å². The van der Waals surface area contributed by atoms with Crippen molar-refractivity contribution in [1.29, 1.82) is 0 Å². The van der Waals surface area contributed by atoms with Crippen LogP contribution in [0.1, 0.15) is 34.5 Å². The standard InChI is InChI=1S/C24H27N3O4/c1-15-12-18(16(2)25-20-7-5-4-6-17(20)24(29)30)23-19(13-15)21(28)14-22(31-23)27-10-8-26(3)9-11-27/h4-7,12-14,16,25H,8-11H2,1-3H3,(H,29,30). The van der Waals surface area contributed by atoms with Crippen molar-refractivity contribution in [2.45, 2.75) is 19.9 Å². The molecule has 0 bridgehead atoms. The SMILES string of the molecule is Cc1cc(C(C)Nc2ccccc2C(=O)O)c2oc(N3CCN(C)CC3)cc(=O)c2c1. The van der Waals surface area contributed by atoms with Crippen LogP contribution in [0.3, 0.4) is 0 Å². The number of para-hydroxylation sites is 1. The van der Waals surface area contributed by atoms with Gasteiger partial charge in [-0.3, -0.25) is 4.79 Å². The molecule has 1 aliphatic rings. The van der Waals surface area contributed by atoms with E-state index in [-0.39, 0.29) is 17.0 Å². The smallest absolute Gasteiger partial charge is 0.337 e. The first-order valence-electron chi connectivity index (χ1n) is 10.4. The molecule has 2 heterocycles. The van der Waals surface area contributed by atoms with E-state index in [9.17, 15) is 14.7 Å². The first kappa shape index (κ1) is 20.9. The number of fused-ring (bicyclic) bond motifs is 1. The Kier molecular flexibility index (Phi) is 5.69. The van der Waals surface area contributed by atoms with Crippen molar-refractivity contribution in [3.05, 3.63) is 69.4 Å². The summed E-state index contributed by atoms with van der Waals surface area (Å²) in [4.78, 5) is 28.9. The predicted molar refractivity (Wildman–Crippen MR) is 122 cm³/mol. The predicted octanol–water partition coefficient (Wildman–Crippen LogP) is 3.72. The normalized spacial score (nSPS) is 15.8. The maximum absolute atomic E-state index is 12.9. The average Bonchev–Trinajstić information content (AvgIpc) is 2.74. The summed E-state index contributed by atoms with van der Waals surface area (Å²) >= 11 is 0. The van der Waals surface area contributed by atoms with Crippen LogP contribution in [0.2, 0.25) is 0 Å². The number of nitrogens with zero attached hydrogens (tertiary/aromatic N) is 2. The number of carbonyl (C=O) groups is 1. The van der Waals surface area contributed by atoms with E-state index in [1.165, 1.54) is 0 Å². The van der Waals surface area contributed by atoms with Crippen molar-refractivity contribution in [2.75, 3.05) is 43.4 Å². The number of piperazine rings is 1. The first-order valence-corrected chi connectivity index (χ1v) is 10.4. The van der Waals surface area contributed by atoms with Crippen LogP contribution in [-0.2, 0) is 0 Å². The highest BCUT2D eigenvalue weighted by molar-refractivity contribution is 5.94. The second-order valence-corrected chi connectivity index (χ2v) is 8.19. The summed E-state index contributed by atoms with van der Waals surface area (Å²) in [5, 5.41) is 13.3. The number of likely N-dealkylation sites (N-methyl/N-ethyl adjacent to an activating group) is 1. The molecular weight excluding hydrogens is 394 g/mol. The monoisotopic (exact) mass is 421 g/mol. The van der Waals surface area contributed by atoms with E-state index in [0.29, 0.717) is 22.5 Å². The number of hydrogen-bond acceptors (Lipinski definition) is 6. The molecule has 7 heteroatoms. The molecule has 1 atom stereocenters. The number of rotatable bonds is 5. The minimum Gasteiger partial charge on any atom is -0.478 e. The molecule has 1 aliphatic heterocycles. The highest BCUT2D eigenvalue weighted by atomic mass is 16.4. The van der Waals surface area contributed by atoms with Crippen LogP contribution >= 0.6 is 0 Å². The van der Waals surface area contributed by atoms with E-state index in [2.05, 4.69) is 22.2 Å². The summed E-state index contributed by atoms with van der Waals surface area (Å²) in [5.41, 5.74) is 2.96. The fraction of sp³-hybridized carbons (Fsp3) is 0.333. The van der Waals surface area contributed by atoms with Crippen LogP contribution in [0, 0.1) is 6.92 Å². The number of aryl methyl sites for hydroxylation is 1. The van der Waals surface area contributed by atoms with E-state index < -0.39 is 5.97 Å². The Morgan fingerprint density at radius 1 is 1.13 bits per heavy atom. The Hall–Kier alpha value is -3.32. The number of carboxylic acid groups (broad SMARTS) is 1. The Balaban J connectivity index is 1.76. The zero-order valence-corrected chi connectivity index (χ0v) is 18.0. The van der Waals surface area contributed by atoms with E-state index in [0.717, 1.165) is 37.3 Å². The van der Waals surface area contributed by atoms with Gasteiger partial charge in [-0.15, -0.1) is 0 Å². The quantitative estimate of drug-likeness (QED) is 0.649. The van der Waals surface area contributed by atoms with Crippen LogP contribution in [0.5, 0.6) is 0 Å². The van der Waals surface area contributed by atoms with Crippen LogP contribution in [0.15, 0.2) is 51.7 Å². The first-order chi connectivity index (χ1) is 14.8. The van der Waals surface area contributed by atoms with Crippen molar-refractivity contribution in [1.82, 2.24) is 4.90 Å². The van der Waals surface area contributed by atoms with Crippen LogP contribution in [0.4, 0.5) is 11.6 Å². The lowest BCUT2D eigenvalue weighted by molar-refractivity contribution is 0.0698. The Morgan fingerprint density at radius 3 is 2.55 bits per heavy atom. The number of hydrogen-bond donors (Lipinski definition) is 2. The van der Waals surface area contributed by atoms with Gasteiger partial charge in [0.15, 0.2) is 11.3 Å². The third-order valence-corrected chi connectivity index (χ3v) is 5.80. The molecule has 0 aliphatic carbocycles. The lowest BCUT2D eigenvalue weighted by atomic mass is 10.0. The van der Waals surface area contributed by atoms with Gasteiger partial charge < -0.3 is 24.6 Å². The summed E-state index contributed by atoms with van der Waals surface area (Å²) in [6.07, 6.45) is 0. The molecule has 2 N–H and O–H groups in total. The van der Waals surface area contributed by atoms with E-state index >= 15 is 0 Å². The molecule has 1 aromatic heterocycles. The molecule has 3 aromatic rings. The van der Waals surface area contributed by atoms with E-state index in [1.807, 2.05) is 26.0 Å². The molecule has 0 amide bonds. The van der Waals surface area contributed by atoms with E-state index in [4.69, 9.17) is 4.42 Å². The second-order valence-electron chi connectivity index (χ2n) is 8.19. The van der Waals surface area contributed by atoms with Gasteiger partial charge in [0.25, 0.3) is 0 Å². The van der Waals surface area contributed by atoms with Crippen LogP contribution < -0.4 is 15.6 Å². The minimum atomic E-state index is -0.992. The molecule has 162 valence electrons.